The molecule has 2 heterocycles. The summed E-state index contributed by atoms with van der Waals surface area (Å²) in [5, 5.41) is 9.30. The van der Waals surface area contributed by atoms with Crippen LogP contribution in [0.15, 0.2) is 12.3 Å². The van der Waals surface area contributed by atoms with Crippen molar-refractivity contribution in [2.24, 2.45) is 0 Å². The molecule has 0 amide bonds. The summed E-state index contributed by atoms with van der Waals surface area (Å²) in [6.07, 6.45) is 3.18. The summed E-state index contributed by atoms with van der Waals surface area (Å²) in [6.45, 7) is 3.40. The van der Waals surface area contributed by atoms with Crippen LogP contribution in [0.5, 0.6) is 0 Å². The number of hydrogen-bond donors (Lipinski definition) is 1. The molecular weight excluding hydrogens is 235 g/mol. The molecule has 1 aromatic rings. The first-order valence-electron chi connectivity index (χ1n) is 6.13. The van der Waals surface area contributed by atoms with E-state index in [9.17, 15) is 9.50 Å². The van der Waals surface area contributed by atoms with Crippen molar-refractivity contribution in [1.82, 2.24) is 4.98 Å². The van der Waals surface area contributed by atoms with Crippen LogP contribution >= 0.6 is 0 Å². The van der Waals surface area contributed by atoms with Gasteiger partial charge >= 0.3 is 0 Å². The zero-order chi connectivity index (χ0) is 13.2. The van der Waals surface area contributed by atoms with Crippen LogP contribution in [0.3, 0.4) is 0 Å². The van der Waals surface area contributed by atoms with Gasteiger partial charge in [-0.25, -0.2) is 9.37 Å². The highest BCUT2D eigenvalue weighted by molar-refractivity contribution is 5.47. The van der Waals surface area contributed by atoms with E-state index >= 15 is 0 Å². The smallest absolute Gasteiger partial charge is 0.142 e. The van der Waals surface area contributed by atoms with E-state index < -0.39 is 5.82 Å². The van der Waals surface area contributed by atoms with Crippen LogP contribution < -0.4 is 4.90 Å². The highest BCUT2D eigenvalue weighted by atomic mass is 19.1. The van der Waals surface area contributed by atoms with Gasteiger partial charge in [-0.2, -0.15) is 0 Å². The molecular formula is C13H19FN2O2. The molecule has 1 aromatic heterocycles. The fourth-order valence-electron chi connectivity index (χ4n) is 2.43. The summed E-state index contributed by atoms with van der Waals surface area (Å²) in [5.74, 6) is 0.233. The van der Waals surface area contributed by atoms with Crippen LogP contribution in [0.4, 0.5) is 10.2 Å². The number of halogens is 1. The molecule has 1 unspecified atom stereocenters. The lowest BCUT2D eigenvalue weighted by molar-refractivity contribution is -0.00489. The van der Waals surface area contributed by atoms with Gasteiger partial charge in [-0.3, -0.25) is 0 Å². The van der Waals surface area contributed by atoms with E-state index in [4.69, 9.17) is 4.74 Å². The second kappa shape index (κ2) is 5.20. The van der Waals surface area contributed by atoms with Gasteiger partial charge in [0.1, 0.15) is 11.6 Å². The minimum atomic E-state index is -0.422. The predicted molar refractivity (Wildman–Crippen MR) is 67.0 cm³/mol. The van der Waals surface area contributed by atoms with Crippen molar-refractivity contribution in [1.29, 1.82) is 0 Å². The maximum atomic E-state index is 13.1. The highest BCUT2D eigenvalue weighted by Crippen LogP contribution is 2.29. The fourth-order valence-corrected chi connectivity index (χ4v) is 2.43. The van der Waals surface area contributed by atoms with Crippen LogP contribution in [-0.4, -0.2) is 35.9 Å². The average molecular weight is 254 g/mol. The number of aromatic nitrogens is 1. The molecule has 1 aliphatic rings. The van der Waals surface area contributed by atoms with E-state index in [0.29, 0.717) is 17.9 Å². The van der Waals surface area contributed by atoms with E-state index in [1.54, 1.807) is 7.11 Å². The number of methoxy groups -OCH3 is 1. The fraction of sp³-hybridized carbons (Fsp3) is 0.615. The number of aliphatic hydroxyl groups is 1. The first-order chi connectivity index (χ1) is 8.58. The molecule has 0 saturated carbocycles. The Bertz CT molecular complexity index is 427. The molecule has 0 bridgehead atoms. The Kier molecular flexibility index (Phi) is 3.82. The van der Waals surface area contributed by atoms with Gasteiger partial charge in [0, 0.05) is 25.8 Å². The number of rotatable bonds is 3. The SMILES string of the molecule is COC1(C)CCCN(c2ncc(F)cc2CO)C1. The quantitative estimate of drug-likeness (QED) is 0.892. The van der Waals surface area contributed by atoms with E-state index in [0.717, 1.165) is 19.4 Å². The number of ether oxygens (including phenoxy) is 1. The summed E-state index contributed by atoms with van der Waals surface area (Å²) in [5.41, 5.74) is 0.316. The van der Waals surface area contributed by atoms with Crippen LogP contribution in [0.1, 0.15) is 25.3 Å². The molecule has 0 aliphatic carbocycles. The van der Waals surface area contributed by atoms with Gasteiger partial charge in [0.05, 0.1) is 18.4 Å². The lowest BCUT2D eigenvalue weighted by atomic mass is 9.94. The molecule has 0 aromatic carbocycles. The largest absolute Gasteiger partial charge is 0.392 e. The van der Waals surface area contributed by atoms with Crippen LogP contribution in [0.25, 0.3) is 0 Å². The van der Waals surface area contributed by atoms with Crippen molar-refractivity contribution in [2.75, 3.05) is 25.1 Å². The van der Waals surface area contributed by atoms with Gasteiger partial charge in [-0.15, -0.1) is 0 Å². The maximum Gasteiger partial charge on any atom is 0.142 e. The zero-order valence-electron chi connectivity index (χ0n) is 10.8. The molecule has 1 aliphatic heterocycles. The summed E-state index contributed by atoms with van der Waals surface area (Å²) >= 11 is 0. The van der Waals surface area contributed by atoms with Gasteiger partial charge in [0.15, 0.2) is 0 Å². The number of hydrogen-bond acceptors (Lipinski definition) is 4. The Morgan fingerprint density at radius 1 is 1.61 bits per heavy atom. The highest BCUT2D eigenvalue weighted by Gasteiger charge is 2.32. The van der Waals surface area contributed by atoms with E-state index in [2.05, 4.69) is 16.8 Å². The summed E-state index contributed by atoms with van der Waals surface area (Å²) in [4.78, 5) is 6.16. The molecule has 1 N–H and O–H groups in total. The number of piperidine rings is 1. The number of pyridine rings is 1. The van der Waals surface area contributed by atoms with Crippen molar-refractivity contribution >= 4 is 5.82 Å². The van der Waals surface area contributed by atoms with Crippen LogP contribution in [-0.2, 0) is 11.3 Å². The van der Waals surface area contributed by atoms with Gasteiger partial charge in [0.2, 0.25) is 0 Å². The summed E-state index contributed by atoms with van der Waals surface area (Å²) in [6, 6.07) is 1.33. The molecule has 4 nitrogen and oxygen atoms in total. The standard InChI is InChI=1S/C13H19FN2O2/c1-13(18-2)4-3-5-16(9-13)12-10(8-17)6-11(14)7-15-12/h6-7,17H,3-5,8-9H2,1-2H3. The van der Waals surface area contributed by atoms with Gasteiger partial charge in [-0.1, -0.05) is 0 Å². The van der Waals surface area contributed by atoms with E-state index in [1.807, 2.05) is 0 Å². The Balaban J connectivity index is 2.25. The lowest BCUT2D eigenvalue weighted by Gasteiger charge is -2.40. The second-order valence-corrected chi connectivity index (χ2v) is 4.97. The molecule has 18 heavy (non-hydrogen) atoms. The van der Waals surface area contributed by atoms with Crippen molar-refractivity contribution in [2.45, 2.75) is 32.0 Å². The van der Waals surface area contributed by atoms with Crippen LogP contribution in [0.2, 0.25) is 0 Å². The molecule has 2 rings (SSSR count). The van der Waals surface area contributed by atoms with Crippen molar-refractivity contribution in [3.8, 4) is 0 Å². The monoisotopic (exact) mass is 254 g/mol. The summed E-state index contributed by atoms with van der Waals surface area (Å²) in [7, 11) is 1.70. The van der Waals surface area contributed by atoms with Crippen molar-refractivity contribution in [3.05, 3.63) is 23.6 Å². The van der Waals surface area contributed by atoms with E-state index in [-0.39, 0.29) is 12.2 Å². The van der Waals surface area contributed by atoms with Gasteiger partial charge in [-0.05, 0) is 25.8 Å². The zero-order valence-corrected chi connectivity index (χ0v) is 10.8. The minimum absolute atomic E-state index is 0.207. The van der Waals surface area contributed by atoms with Gasteiger partial charge < -0.3 is 14.7 Å². The summed E-state index contributed by atoms with van der Waals surface area (Å²) < 4.78 is 18.6. The first kappa shape index (κ1) is 13.2. The minimum Gasteiger partial charge on any atom is -0.392 e. The first-order valence-corrected chi connectivity index (χ1v) is 6.13. The molecule has 1 fully saturated rings. The third-order valence-electron chi connectivity index (χ3n) is 3.53. The van der Waals surface area contributed by atoms with Crippen molar-refractivity contribution in [3.63, 3.8) is 0 Å². The van der Waals surface area contributed by atoms with Gasteiger partial charge in [0.25, 0.3) is 0 Å². The normalized spacial score (nSPS) is 24.3. The van der Waals surface area contributed by atoms with Crippen LogP contribution in [0, 0.1) is 5.82 Å². The predicted octanol–water partition coefficient (Wildman–Crippen LogP) is 1.72. The Hall–Kier alpha value is -1.20. The topological polar surface area (TPSA) is 45.6 Å². The lowest BCUT2D eigenvalue weighted by Crippen LogP contribution is -2.48. The number of aliphatic hydroxyl groups excluding tert-OH is 1. The molecule has 0 radical (unpaired) electrons. The maximum absolute atomic E-state index is 13.1. The third-order valence-corrected chi connectivity index (χ3v) is 3.53. The number of nitrogens with zero attached hydrogens (tertiary/aromatic N) is 2. The molecule has 0 spiro atoms. The molecule has 1 atom stereocenters. The Morgan fingerprint density at radius 3 is 3.06 bits per heavy atom. The van der Waals surface area contributed by atoms with Crippen molar-refractivity contribution < 1.29 is 14.2 Å². The third kappa shape index (κ3) is 2.62. The Labute approximate surface area is 106 Å². The number of anilines is 1. The molecule has 5 heteroatoms. The van der Waals surface area contributed by atoms with E-state index in [1.165, 1.54) is 12.3 Å². The second-order valence-electron chi connectivity index (χ2n) is 4.97. The molecule has 100 valence electrons. The average Bonchev–Trinajstić information content (AvgIpc) is 2.38. The Morgan fingerprint density at radius 2 is 2.39 bits per heavy atom. The molecule has 1 saturated heterocycles.